The van der Waals surface area contributed by atoms with Gasteiger partial charge < -0.3 is 5.11 Å². The molecular weight excluding hydrogens is 204 g/mol. The third-order valence-corrected chi connectivity index (χ3v) is 3.56. The van der Waals surface area contributed by atoms with E-state index in [9.17, 15) is 5.11 Å². The number of hydrogen-bond donors (Lipinski definition) is 1. The first-order valence-corrected chi connectivity index (χ1v) is 5.84. The molecule has 0 saturated heterocycles. The van der Waals surface area contributed by atoms with Gasteiger partial charge in [0.05, 0.1) is 6.10 Å². The van der Waals surface area contributed by atoms with Crippen molar-refractivity contribution in [2.75, 3.05) is 0 Å². The van der Waals surface area contributed by atoms with Crippen LogP contribution in [0.2, 0.25) is 0 Å². The molecule has 1 N–H and O–H groups in total. The molecule has 0 spiro atoms. The van der Waals surface area contributed by atoms with Crippen molar-refractivity contribution in [3.63, 3.8) is 0 Å². The van der Waals surface area contributed by atoms with Gasteiger partial charge in [-0.25, -0.2) is 0 Å². The summed E-state index contributed by atoms with van der Waals surface area (Å²) in [6.07, 6.45) is 1.50. The van der Waals surface area contributed by atoms with Gasteiger partial charge in [-0.2, -0.15) is 0 Å². The van der Waals surface area contributed by atoms with Gasteiger partial charge in [0.2, 0.25) is 0 Å². The Balaban J connectivity index is 2.45. The zero-order valence-electron chi connectivity index (χ0n) is 8.90. The van der Waals surface area contributed by atoms with Crippen LogP contribution in [0.5, 0.6) is 0 Å². The Kier molecular flexibility index (Phi) is 2.89. The molecule has 0 bridgehead atoms. The first-order chi connectivity index (χ1) is 7.16. The average molecular weight is 218 g/mol. The number of aliphatic hydroxyl groups is 1. The lowest BCUT2D eigenvalue weighted by Gasteiger charge is -1.98. The minimum Gasteiger partial charge on any atom is -0.389 e. The highest BCUT2D eigenvalue weighted by atomic mass is 32.1. The van der Waals surface area contributed by atoms with E-state index in [1.807, 2.05) is 19.1 Å². The Morgan fingerprint density at radius 1 is 1.40 bits per heavy atom. The van der Waals surface area contributed by atoms with E-state index in [0.29, 0.717) is 0 Å². The van der Waals surface area contributed by atoms with Gasteiger partial charge in [0.1, 0.15) is 0 Å². The summed E-state index contributed by atoms with van der Waals surface area (Å²) in [4.78, 5) is 1.23. The average Bonchev–Trinajstić information content (AvgIpc) is 2.59. The first-order valence-electron chi connectivity index (χ1n) is 5.02. The van der Waals surface area contributed by atoms with Crippen LogP contribution in [0.15, 0.2) is 36.4 Å². The molecule has 0 fully saturated rings. The first kappa shape index (κ1) is 10.4. The second kappa shape index (κ2) is 4.17. The largest absolute Gasteiger partial charge is 0.389 e. The second-order valence-corrected chi connectivity index (χ2v) is 4.82. The molecule has 15 heavy (non-hydrogen) atoms. The Morgan fingerprint density at radius 3 is 2.80 bits per heavy atom. The summed E-state index contributed by atoms with van der Waals surface area (Å²) < 4.78 is 1.30. The quantitative estimate of drug-likeness (QED) is 0.815. The monoisotopic (exact) mass is 218 g/mol. The normalized spacial score (nSPS) is 14.5. The predicted molar refractivity (Wildman–Crippen MR) is 67.2 cm³/mol. The molecule has 1 aromatic heterocycles. The van der Waals surface area contributed by atoms with Crippen LogP contribution < -0.4 is 0 Å². The van der Waals surface area contributed by atoms with Gasteiger partial charge >= 0.3 is 0 Å². The maximum absolute atomic E-state index is 9.29. The fourth-order valence-electron chi connectivity index (χ4n) is 1.62. The number of benzene rings is 1. The van der Waals surface area contributed by atoms with Crippen LogP contribution in [0, 0.1) is 0 Å². The molecule has 2 heteroatoms. The van der Waals surface area contributed by atoms with Gasteiger partial charge in [0.25, 0.3) is 0 Å². The van der Waals surface area contributed by atoms with Crippen LogP contribution in [-0.4, -0.2) is 11.2 Å². The fraction of sp³-hybridized carbons (Fsp3) is 0.231. The summed E-state index contributed by atoms with van der Waals surface area (Å²) in [5.41, 5.74) is 1.14. The molecular formula is C13H14OS. The standard InChI is InChI=1S/C13H14OS/c1-9(7-10(2)14)13-8-11-5-3-4-6-12(11)15-13/h3-8,10,14H,1-2H3/b9-7-. The minimum atomic E-state index is -0.379. The van der Waals surface area contributed by atoms with E-state index >= 15 is 0 Å². The van der Waals surface area contributed by atoms with E-state index < -0.39 is 0 Å². The van der Waals surface area contributed by atoms with E-state index in [1.165, 1.54) is 15.0 Å². The lowest BCUT2D eigenvalue weighted by molar-refractivity contribution is 0.244. The molecule has 2 rings (SSSR count). The third kappa shape index (κ3) is 2.28. The molecule has 1 nitrogen and oxygen atoms in total. The zero-order valence-corrected chi connectivity index (χ0v) is 9.71. The molecule has 0 saturated carbocycles. The van der Waals surface area contributed by atoms with Gasteiger partial charge in [0, 0.05) is 9.58 Å². The van der Waals surface area contributed by atoms with Gasteiger partial charge in [0.15, 0.2) is 0 Å². The van der Waals surface area contributed by atoms with Crippen molar-refractivity contribution < 1.29 is 5.11 Å². The van der Waals surface area contributed by atoms with Gasteiger partial charge in [-0.3, -0.25) is 0 Å². The summed E-state index contributed by atoms with van der Waals surface area (Å²) in [5, 5.41) is 10.6. The van der Waals surface area contributed by atoms with Crippen molar-refractivity contribution in [3.8, 4) is 0 Å². The third-order valence-electron chi connectivity index (χ3n) is 2.31. The van der Waals surface area contributed by atoms with Crippen LogP contribution in [-0.2, 0) is 0 Å². The van der Waals surface area contributed by atoms with E-state index in [0.717, 1.165) is 5.57 Å². The molecule has 1 aromatic carbocycles. The number of fused-ring (bicyclic) bond motifs is 1. The maximum Gasteiger partial charge on any atom is 0.0698 e. The molecule has 1 unspecified atom stereocenters. The lowest BCUT2D eigenvalue weighted by atomic mass is 10.2. The maximum atomic E-state index is 9.29. The lowest BCUT2D eigenvalue weighted by Crippen LogP contribution is -1.93. The second-order valence-electron chi connectivity index (χ2n) is 3.74. The SMILES string of the molecule is C/C(=C/C(C)O)c1cc2ccccc2s1. The smallest absolute Gasteiger partial charge is 0.0698 e. The van der Waals surface area contributed by atoms with Crippen molar-refractivity contribution in [2.45, 2.75) is 20.0 Å². The van der Waals surface area contributed by atoms with Crippen molar-refractivity contribution in [1.29, 1.82) is 0 Å². The molecule has 0 aliphatic heterocycles. The number of rotatable bonds is 2. The predicted octanol–water partition coefficient (Wildman–Crippen LogP) is 3.69. The Labute approximate surface area is 93.7 Å². The summed E-state index contributed by atoms with van der Waals surface area (Å²) in [5.74, 6) is 0. The van der Waals surface area contributed by atoms with E-state index in [4.69, 9.17) is 0 Å². The van der Waals surface area contributed by atoms with E-state index in [-0.39, 0.29) is 6.10 Å². The molecule has 1 atom stereocenters. The highest BCUT2D eigenvalue weighted by Gasteiger charge is 2.03. The highest BCUT2D eigenvalue weighted by molar-refractivity contribution is 7.20. The molecule has 0 amide bonds. The van der Waals surface area contributed by atoms with Crippen LogP contribution in [0.3, 0.4) is 0 Å². The number of thiophene rings is 1. The molecule has 0 aliphatic rings. The molecule has 78 valence electrons. The number of hydrogen-bond acceptors (Lipinski definition) is 2. The Bertz CT molecular complexity index is 461. The molecule has 2 aromatic rings. The van der Waals surface area contributed by atoms with Crippen LogP contribution in [0.4, 0.5) is 0 Å². The number of allylic oxidation sites excluding steroid dienone is 1. The van der Waals surface area contributed by atoms with Crippen LogP contribution in [0.25, 0.3) is 15.7 Å². The molecule has 0 radical (unpaired) electrons. The number of aliphatic hydroxyl groups excluding tert-OH is 1. The summed E-state index contributed by atoms with van der Waals surface area (Å²) >= 11 is 1.77. The van der Waals surface area contributed by atoms with Crippen LogP contribution >= 0.6 is 11.3 Å². The fourth-order valence-corrected chi connectivity index (χ4v) is 2.66. The highest BCUT2D eigenvalue weighted by Crippen LogP contribution is 2.30. The van der Waals surface area contributed by atoms with Crippen molar-refractivity contribution in [1.82, 2.24) is 0 Å². The van der Waals surface area contributed by atoms with Crippen molar-refractivity contribution in [2.24, 2.45) is 0 Å². The van der Waals surface area contributed by atoms with E-state index in [1.54, 1.807) is 18.3 Å². The minimum absolute atomic E-state index is 0.379. The van der Waals surface area contributed by atoms with E-state index in [2.05, 4.69) is 24.3 Å². The van der Waals surface area contributed by atoms with Crippen LogP contribution in [0.1, 0.15) is 18.7 Å². The molecule has 1 heterocycles. The van der Waals surface area contributed by atoms with Gasteiger partial charge in [-0.05, 0) is 36.9 Å². The van der Waals surface area contributed by atoms with Gasteiger partial charge in [-0.15, -0.1) is 11.3 Å². The topological polar surface area (TPSA) is 20.2 Å². The summed E-state index contributed by atoms with van der Waals surface area (Å²) in [6.45, 7) is 3.81. The Morgan fingerprint density at radius 2 is 2.13 bits per heavy atom. The van der Waals surface area contributed by atoms with Crippen molar-refractivity contribution in [3.05, 3.63) is 41.3 Å². The zero-order chi connectivity index (χ0) is 10.8. The summed E-state index contributed by atoms with van der Waals surface area (Å²) in [7, 11) is 0. The summed E-state index contributed by atoms with van der Waals surface area (Å²) in [6, 6.07) is 10.5. The molecule has 0 aliphatic carbocycles. The van der Waals surface area contributed by atoms with Crippen molar-refractivity contribution >= 4 is 27.0 Å². The Hall–Kier alpha value is -1.12. The van der Waals surface area contributed by atoms with Gasteiger partial charge in [-0.1, -0.05) is 24.3 Å².